The lowest BCUT2D eigenvalue weighted by molar-refractivity contribution is 0.797. The number of fused-ring (bicyclic) bond motifs is 1. The molecule has 4 rings (SSSR count). The first-order valence-electron chi connectivity index (χ1n) is 8.06. The molecule has 120 valence electrons. The molecule has 0 spiro atoms. The van der Waals surface area contributed by atoms with E-state index in [-0.39, 0.29) is 0 Å². The van der Waals surface area contributed by atoms with Gasteiger partial charge in [-0.1, -0.05) is 42.0 Å². The third kappa shape index (κ3) is 2.66. The van der Waals surface area contributed by atoms with Gasteiger partial charge < -0.3 is 0 Å². The SMILES string of the molecule is Cc1ccc(-c2nc3cnn(C)c3cc2-c2ccc(C#N)cc2)cc1. The Kier molecular flexibility index (Phi) is 3.55. The maximum atomic E-state index is 9.03. The van der Waals surface area contributed by atoms with E-state index in [4.69, 9.17) is 10.2 Å². The molecule has 0 saturated carbocycles. The molecule has 0 unspecified atom stereocenters. The lowest BCUT2D eigenvalue weighted by atomic mass is 9.97. The van der Waals surface area contributed by atoms with Crippen LogP contribution in [0.3, 0.4) is 0 Å². The van der Waals surface area contributed by atoms with Crippen molar-refractivity contribution in [2.75, 3.05) is 0 Å². The molecule has 0 aliphatic carbocycles. The average Bonchev–Trinajstić information content (AvgIpc) is 3.02. The summed E-state index contributed by atoms with van der Waals surface area (Å²) in [5.74, 6) is 0. The van der Waals surface area contributed by atoms with Crippen LogP contribution < -0.4 is 0 Å². The Hall–Kier alpha value is -3.45. The number of nitrogens with zero attached hydrogens (tertiary/aromatic N) is 4. The molecule has 0 fully saturated rings. The highest BCUT2D eigenvalue weighted by Gasteiger charge is 2.13. The summed E-state index contributed by atoms with van der Waals surface area (Å²) in [6.07, 6.45) is 1.79. The standard InChI is InChI=1S/C21H16N4/c1-14-3-7-17(8-4-14)21-18(16-9-5-15(12-22)6-10-16)11-20-19(24-21)13-23-25(20)2/h3-11,13H,1-2H3. The largest absolute Gasteiger partial charge is 0.266 e. The van der Waals surface area contributed by atoms with Crippen molar-refractivity contribution in [3.63, 3.8) is 0 Å². The first-order chi connectivity index (χ1) is 12.2. The van der Waals surface area contributed by atoms with Gasteiger partial charge in [-0.2, -0.15) is 10.4 Å². The summed E-state index contributed by atoms with van der Waals surface area (Å²) >= 11 is 0. The van der Waals surface area contributed by atoms with Crippen LogP contribution in [0.5, 0.6) is 0 Å². The predicted octanol–water partition coefficient (Wildman–Crippen LogP) is 4.48. The molecule has 2 aromatic heterocycles. The second-order valence-corrected chi connectivity index (χ2v) is 6.11. The van der Waals surface area contributed by atoms with Crippen LogP contribution >= 0.6 is 0 Å². The quantitative estimate of drug-likeness (QED) is 0.546. The van der Waals surface area contributed by atoms with Gasteiger partial charge in [-0.15, -0.1) is 0 Å². The summed E-state index contributed by atoms with van der Waals surface area (Å²) in [6.45, 7) is 2.07. The first kappa shape index (κ1) is 15.1. The van der Waals surface area contributed by atoms with E-state index < -0.39 is 0 Å². The van der Waals surface area contributed by atoms with E-state index in [0.29, 0.717) is 5.56 Å². The van der Waals surface area contributed by atoms with Crippen molar-refractivity contribution in [1.29, 1.82) is 5.26 Å². The van der Waals surface area contributed by atoms with E-state index in [1.807, 2.05) is 36.0 Å². The predicted molar refractivity (Wildman–Crippen MR) is 98.8 cm³/mol. The molecule has 0 aliphatic heterocycles. The van der Waals surface area contributed by atoms with Crippen LogP contribution in [0.15, 0.2) is 60.8 Å². The highest BCUT2D eigenvalue weighted by Crippen LogP contribution is 2.33. The molecule has 2 heterocycles. The Balaban J connectivity index is 1.98. The van der Waals surface area contributed by atoms with Gasteiger partial charge in [-0.05, 0) is 30.7 Å². The highest BCUT2D eigenvalue weighted by atomic mass is 15.3. The molecular weight excluding hydrogens is 308 g/mol. The van der Waals surface area contributed by atoms with Gasteiger partial charge in [-0.3, -0.25) is 4.68 Å². The molecule has 4 nitrogen and oxygen atoms in total. The fourth-order valence-corrected chi connectivity index (χ4v) is 2.95. The fourth-order valence-electron chi connectivity index (χ4n) is 2.95. The third-order valence-corrected chi connectivity index (χ3v) is 4.38. The summed E-state index contributed by atoms with van der Waals surface area (Å²) in [4.78, 5) is 4.87. The zero-order valence-electron chi connectivity index (χ0n) is 14.1. The van der Waals surface area contributed by atoms with Gasteiger partial charge in [0, 0.05) is 18.2 Å². The molecular formula is C21H16N4. The normalized spacial score (nSPS) is 10.8. The fraction of sp³-hybridized carbons (Fsp3) is 0.0952. The number of pyridine rings is 1. The van der Waals surface area contributed by atoms with E-state index in [1.54, 1.807) is 6.20 Å². The molecule has 0 aliphatic rings. The topological polar surface area (TPSA) is 54.5 Å². The van der Waals surface area contributed by atoms with Crippen molar-refractivity contribution in [1.82, 2.24) is 14.8 Å². The molecule has 25 heavy (non-hydrogen) atoms. The monoisotopic (exact) mass is 324 g/mol. The van der Waals surface area contributed by atoms with Crippen molar-refractivity contribution in [3.8, 4) is 28.5 Å². The minimum atomic E-state index is 0.648. The van der Waals surface area contributed by atoms with Crippen molar-refractivity contribution in [2.24, 2.45) is 7.05 Å². The molecule has 0 N–H and O–H groups in total. The van der Waals surface area contributed by atoms with Gasteiger partial charge in [0.1, 0.15) is 5.52 Å². The molecule has 0 atom stereocenters. The van der Waals surface area contributed by atoms with E-state index >= 15 is 0 Å². The van der Waals surface area contributed by atoms with Crippen LogP contribution in [0.25, 0.3) is 33.4 Å². The van der Waals surface area contributed by atoms with Gasteiger partial charge in [0.2, 0.25) is 0 Å². The molecule has 4 heteroatoms. The summed E-state index contributed by atoms with van der Waals surface area (Å²) in [7, 11) is 1.91. The van der Waals surface area contributed by atoms with Gasteiger partial charge in [0.15, 0.2) is 0 Å². The van der Waals surface area contributed by atoms with Crippen LogP contribution in [-0.2, 0) is 7.05 Å². The lowest BCUT2D eigenvalue weighted by Crippen LogP contribution is -1.94. The van der Waals surface area contributed by atoms with Crippen LogP contribution in [0, 0.1) is 18.3 Å². The van der Waals surface area contributed by atoms with E-state index in [2.05, 4.69) is 48.4 Å². The van der Waals surface area contributed by atoms with Crippen molar-refractivity contribution in [2.45, 2.75) is 6.92 Å². The molecule has 0 radical (unpaired) electrons. The highest BCUT2D eigenvalue weighted by molar-refractivity contribution is 5.90. The van der Waals surface area contributed by atoms with Gasteiger partial charge in [0.05, 0.1) is 29.0 Å². The number of nitriles is 1. The maximum absolute atomic E-state index is 9.03. The summed E-state index contributed by atoms with van der Waals surface area (Å²) in [6, 6.07) is 20.2. The van der Waals surface area contributed by atoms with Crippen molar-refractivity contribution in [3.05, 3.63) is 71.9 Å². The number of hydrogen-bond acceptors (Lipinski definition) is 3. The molecule has 0 bridgehead atoms. The Bertz CT molecular complexity index is 1100. The van der Waals surface area contributed by atoms with Crippen LogP contribution in [0.4, 0.5) is 0 Å². The van der Waals surface area contributed by atoms with Crippen LogP contribution in [-0.4, -0.2) is 14.8 Å². The van der Waals surface area contributed by atoms with E-state index in [0.717, 1.165) is 33.4 Å². The van der Waals surface area contributed by atoms with Gasteiger partial charge in [0.25, 0.3) is 0 Å². The third-order valence-electron chi connectivity index (χ3n) is 4.38. The summed E-state index contributed by atoms with van der Waals surface area (Å²) < 4.78 is 1.83. The second kappa shape index (κ2) is 5.88. The Morgan fingerprint density at radius 3 is 2.32 bits per heavy atom. The molecule has 0 amide bonds. The summed E-state index contributed by atoms with van der Waals surface area (Å²) in [5.41, 5.74) is 7.77. The minimum absolute atomic E-state index is 0.648. The maximum Gasteiger partial charge on any atom is 0.109 e. The minimum Gasteiger partial charge on any atom is -0.266 e. The number of hydrogen-bond donors (Lipinski definition) is 0. The first-order valence-corrected chi connectivity index (χ1v) is 8.06. The second-order valence-electron chi connectivity index (χ2n) is 6.11. The number of rotatable bonds is 2. The van der Waals surface area contributed by atoms with Gasteiger partial charge >= 0.3 is 0 Å². The summed E-state index contributed by atoms with van der Waals surface area (Å²) in [5, 5.41) is 13.4. The average molecular weight is 324 g/mol. The zero-order chi connectivity index (χ0) is 17.4. The van der Waals surface area contributed by atoms with Crippen molar-refractivity contribution < 1.29 is 0 Å². The number of aromatic nitrogens is 3. The van der Waals surface area contributed by atoms with Gasteiger partial charge in [-0.25, -0.2) is 4.98 Å². The van der Waals surface area contributed by atoms with Crippen molar-refractivity contribution >= 4 is 11.0 Å². The van der Waals surface area contributed by atoms with Crippen LogP contribution in [0.1, 0.15) is 11.1 Å². The van der Waals surface area contributed by atoms with E-state index in [9.17, 15) is 0 Å². The lowest BCUT2D eigenvalue weighted by Gasteiger charge is -2.11. The Morgan fingerprint density at radius 1 is 0.960 bits per heavy atom. The molecule has 2 aromatic carbocycles. The van der Waals surface area contributed by atoms with Crippen LogP contribution in [0.2, 0.25) is 0 Å². The number of benzene rings is 2. The molecule has 0 saturated heterocycles. The number of aryl methyl sites for hydroxylation is 2. The zero-order valence-corrected chi connectivity index (χ0v) is 14.1. The van der Waals surface area contributed by atoms with E-state index in [1.165, 1.54) is 5.56 Å². The smallest absolute Gasteiger partial charge is 0.109 e. The Morgan fingerprint density at radius 2 is 1.64 bits per heavy atom. The molecule has 4 aromatic rings. The Labute approximate surface area is 146 Å².